The van der Waals surface area contributed by atoms with Crippen molar-refractivity contribution in [2.45, 2.75) is 31.8 Å². The number of carbonyl (C=O) groups is 3. The van der Waals surface area contributed by atoms with Crippen LogP contribution < -0.4 is 10.6 Å². The van der Waals surface area contributed by atoms with Crippen LogP contribution in [0.1, 0.15) is 18.2 Å². The fourth-order valence-electron chi connectivity index (χ4n) is 1.58. The molecular weight excluding hydrogens is 284 g/mol. The highest BCUT2D eigenvalue weighted by molar-refractivity contribution is 7.09. The third kappa shape index (κ3) is 5.70. The molecule has 0 saturated carbocycles. The summed E-state index contributed by atoms with van der Waals surface area (Å²) in [5.74, 6) is -2.67. The zero-order valence-corrected chi connectivity index (χ0v) is 11.6. The van der Waals surface area contributed by atoms with E-state index in [2.05, 4.69) is 10.6 Å². The summed E-state index contributed by atoms with van der Waals surface area (Å²) in [5, 5.41) is 24.0. The molecule has 0 bridgehead atoms. The molecule has 20 heavy (non-hydrogen) atoms. The van der Waals surface area contributed by atoms with E-state index in [-0.39, 0.29) is 6.04 Å². The van der Waals surface area contributed by atoms with Gasteiger partial charge in [0.2, 0.25) is 0 Å². The summed E-state index contributed by atoms with van der Waals surface area (Å²) < 4.78 is 0. The van der Waals surface area contributed by atoms with E-state index in [0.29, 0.717) is 6.42 Å². The van der Waals surface area contributed by atoms with Crippen molar-refractivity contribution in [1.29, 1.82) is 0 Å². The summed E-state index contributed by atoms with van der Waals surface area (Å²) in [5.41, 5.74) is 0. The van der Waals surface area contributed by atoms with Gasteiger partial charge in [-0.05, 0) is 18.4 Å². The summed E-state index contributed by atoms with van der Waals surface area (Å²) in [4.78, 5) is 34.0. The van der Waals surface area contributed by atoms with Gasteiger partial charge in [-0.3, -0.25) is 4.79 Å². The van der Waals surface area contributed by atoms with Crippen LogP contribution in [0, 0.1) is 0 Å². The molecule has 7 nitrogen and oxygen atoms in total. The molecular formula is C12H16N2O5S. The molecule has 1 heterocycles. The zero-order valence-electron chi connectivity index (χ0n) is 10.8. The highest BCUT2D eigenvalue weighted by atomic mass is 32.1. The lowest BCUT2D eigenvalue weighted by Crippen LogP contribution is -2.49. The van der Waals surface area contributed by atoms with Crippen molar-refractivity contribution in [3.63, 3.8) is 0 Å². The van der Waals surface area contributed by atoms with Gasteiger partial charge in [0.1, 0.15) is 6.04 Å². The molecule has 2 amide bonds. The Labute approximate surface area is 119 Å². The largest absolute Gasteiger partial charge is 0.481 e. The lowest BCUT2D eigenvalue weighted by Gasteiger charge is -2.17. The zero-order chi connectivity index (χ0) is 15.1. The van der Waals surface area contributed by atoms with Crippen LogP contribution in [0.25, 0.3) is 0 Å². The highest BCUT2D eigenvalue weighted by Gasteiger charge is 2.23. The number of nitrogens with one attached hydrogen (secondary N) is 2. The Morgan fingerprint density at radius 2 is 2.00 bits per heavy atom. The second-order valence-corrected chi connectivity index (χ2v) is 5.32. The summed E-state index contributed by atoms with van der Waals surface area (Å²) >= 11 is 1.56. The SMILES string of the molecule is CC(Cc1cccs1)NC(=O)N[C@H](CC(=O)O)C(=O)O. The van der Waals surface area contributed by atoms with Gasteiger partial charge in [0.25, 0.3) is 0 Å². The first-order chi connectivity index (χ1) is 9.38. The molecule has 1 unspecified atom stereocenters. The summed E-state index contributed by atoms with van der Waals surface area (Å²) in [6.07, 6.45) is -0.0379. The molecule has 4 N–H and O–H groups in total. The molecule has 0 fully saturated rings. The van der Waals surface area contributed by atoms with Crippen LogP contribution in [0.5, 0.6) is 0 Å². The van der Waals surface area contributed by atoms with E-state index in [9.17, 15) is 14.4 Å². The predicted octanol–water partition coefficient (Wildman–Crippen LogP) is 0.906. The Morgan fingerprint density at radius 1 is 1.30 bits per heavy atom. The maximum absolute atomic E-state index is 11.6. The first kappa shape index (κ1) is 16.0. The van der Waals surface area contributed by atoms with Crippen molar-refractivity contribution in [3.05, 3.63) is 22.4 Å². The highest BCUT2D eigenvalue weighted by Crippen LogP contribution is 2.10. The Bertz CT molecular complexity index is 474. The smallest absolute Gasteiger partial charge is 0.326 e. The first-order valence-electron chi connectivity index (χ1n) is 5.92. The molecule has 0 aliphatic heterocycles. The van der Waals surface area contributed by atoms with Crippen LogP contribution in [-0.2, 0) is 16.0 Å². The number of carbonyl (C=O) groups excluding carboxylic acids is 1. The van der Waals surface area contributed by atoms with Crippen molar-refractivity contribution in [2.75, 3.05) is 0 Å². The van der Waals surface area contributed by atoms with Crippen molar-refractivity contribution in [3.8, 4) is 0 Å². The topological polar surface area (TPSA) is 116 Å². The van der Waals surface area contributed by atoms with E-state index in [1.807, 2.05) is 17.5 Å². The van der Waals surface area contributed by atoms with Crippen LogP contribution >= 0.6 is 11.3 Å². The van der Waals surface area contributed by atoms with E-state index in [1.165, 1.54) is 0 Å². The number of rotatable bonds is 7. The summed E-state index contributed by atoms with van der Waals surface area (Å²) in [6, 6.07) is 1.52. The van der Waals surface area contributed by atoms with Crippen LogP contribution in [0.15, 0.2) is 17.5 Å². The van der Waals surface area contributed by atoms with Crippen LogP contribution in [-0.4, -0.2) is 40.3 Å². The van der Waals surface area contributed by atoms with Gasteiger partial charge in [0.05, 0.1) is 6.42 Å². The molecule has 0 aliphatic carbocycles. The van der Waals surface area contributed by atoms with Crippen LogP contribution in [0.4, 0.5) is 4.79 Å². The van der Waals surface area contributed by atoms with E-state index < -0.39 is 30.4 Å². The van der Waals surface area contributed by atoms with E-state index in [0.717, 1.165) is 4.88 Å². The lowest BCUT2D eigenvalue weighted by atomic mass is 10.2. The van der Waals surface area contributed by atoms with Crippen LogP contribution in [0.3, 0.4) is 0 Å². The maximum Gasteiger partial charge on any atom is 0.326 e. The van der Waals surface area contributed by atoms with Gasteiger partial charge in [-0.2, -0.15) is 0 Å². The minimum absolute atomic E-state index is 0.187. The van der Waals surface area contributed by atoms with Crippen molar-refractivity contribution in [1.82, 2.24) is 10.6 Å². The standard InChI is InChI=1S/C12H16N2O5S/c1-7(5-8-3-2-4-20-8)13-12(19)14-9(11(17)18)6-10(15)16/h2-4,7,9H,5-6H2,1H3,(H,15,16)(H,17,18)(H2,13,14,19)/t7?,9-/m1/s1. The van der Waals surface area contributed by atoms with Gasteiger partial charge >= 0.3 is 18.0 Å². The van der Waals surface area contributed by atoms with Crippen molar-refractivity contribution >= 4 is 29.3 Å². The molecule has 110 valence electrons. The number of hydrogen-bond donors (Lipinski definition) is 4. The first-order valence-corrected chi connectivity index (χ1v) is 6.80. The average molecular weight is 300 g/mol. The number of aliphatic carboxylic acids is 2. The van der Waals surface area contributed by atoms with E-state index >= 15 is 0 Å². The summed E-state index contributed by atoms with van der Waals surface area (Å²) in [7, 11) is 0. The van der Waals surface area contributed by atoms with Gasteiger partial charge in [0, 0.05) is 17.3 Å². The van der Waals surface area contributed by atoms with Gasteiger partial charge in [-0.25, -0.2) is 9.59 Å². The molecule has 1 aromatic heterocycles. The predicted molar refractivity (Wildman–Crippen MR) is 72.8 cm³/mol. The molecule has 0 aromatic carbocycles. The number of urea groups is 1. The van der Waals surface area contributed by atoms with Gasteiger partial charge in [0.15, 0.2) is 0 Å². The average Bonchev–Trinajstić information content (AvgIpc) is 2.79. The van der Waals surface area contributed by atoms with Crippen molar-refractivity contribution in [2.24, 2.45) is 0 Å². The monoisotopic (exact) mass is 300 g/mol. The molecule has 8 heteroatoms. The molecule has 0 radical (unpaired) electrons. The minimum atomic E-state index is -1.44. The number of amides is 2. The van der Waals surface area contributed by atoms with E-state index in [4.69, 9.17) is 10.2 Å². The number of carboxylic acid groups (broad SMARTS) is 2. The second kappa shape index (κ2) is 7.49. The molecule has 1 rings (SSSR count). The quantitative estimate of drug-likeness (QED) is 0.597. The van der Waals surface area contributed by atoms with E-state index in [1.54, 1.807) is 18.3 Å². The number of thiophene rings is 1. The second-order valence-electron chi connectivity index (χ2n) is 4.29. The Kier molecular flexibility index (Phi) is 5.98. The third-order valence-corrected chi connectivity index (χ3v) is 3.35. The van der Waals surface area contributed by atoms with Gasteiger partial charge in [-0.1, -0.05) is 6.07 Å². The van der Waals surface area contributed by atoms with Crippen LogP contribution in [0.2, 0.25) is 0 Å². The number of hydrogen-bond acceptors (Lipinski definition) is 4. The molecule has 1 aromatic rings. The summed E-state index contributed by atoms with van der Waals surface area (Å²) in [6.45, 7) is 1.78. The van der Waals surface area contributed by atoms with Gasteiger partial charge < -0.3 is 20.8 Å². The molecule has 0 spiro atoms. The minimum Gasteiger partial charge on any atom is -0.481 e. The Balaban J connectivity index is 2.44. The molecule has 0 aliphatic rings. The Morgan fingerprint density at radius 3 is 2.50 bits per heavy atom. The molecule has 2 atom stereocenters. The molecule has 0 saturated heterocycles. The third-order valence-electron chi connectivity index (χ3n) is 2.45. The lowest BCUT2D eigenvalue weighted by molar-refractivity contribution is -0.145. The fraction of sp³-hybridized carbons (Fsp3) is 0.417. The maximum atomic E-state index is 11.6. The Hall–Kier alpha value is -2.09. The van der Waals surface area contributed by atoms with Gasteiger partial charge in [-0.15, -0.1) is 11.3 Å². The van der Waals surface area contributed by atoms with Crippen molar-refractivity contribution < 1.29 is 24.6 Å². The normalized spacial score (nSPS) is 13.2. The fourth-order valence-corrected chi connectivity index (χ4v) is 2.42. The number of carboxylic acids is 2.